The Morgan fingerprint density at radius 2 is 1.60 bits per heavy atom. The van der Waals surface area contributed by atoms with Crippen LogP contribution in [-0.4, -0.2) is 22.7 Å². The van der Waals surface area contributed by atoms with E-state index in [1.165, 1.54) is 0 Å². The molecule has 1 fully saturated rings. The first-order chi connectivity index (χ1) is 19.5. The minimum absolute atomic E-state index is 0.114. The maximum atomic E-state index is 12.4. The Morgan fingerprint density at radius 3 is 2.27 bits per heavy atom. The fourth-order valence-corrected chi connectivity index (χ4v) is 5.50. The monoisotopic (exact) mass is 548 g/mol. The Morgan fingerprint density at radius 1 is 0.925 bits per heavy atom. The van der Waals surface area contributed by atoms with E-state index in [9.17, 15) is 4.79 Å². The molecule has 0 unspecified atom stereocenters. The van der Waals surface area contributed by atoms with E-state index in [1.54, 1.807) is 0 Å². The molecule has 0 amide bonds. The third kappa shape index (κ3) is 4.93. The van der Waals surface area contributed by atoms with Gasteiger partial charge in [-0.3, -0.25) is 9.78 Å². The number of carbonyl (C=O) groups excluding carboxylic acids is 1. The van der Waals surface area contributed by atoms with Gasteiger partial charge in [0.25, 0.3) is 0 Å². The molecule has 6 heteroatoms. The number of halogens is 1. The van der Waals surface area contributed by atoms with Crippen molar-refractivity contribution in [3.8, 4) is 33.6 Å². The maximum Gasteiger partial charge on any atom is 0.316 e. The second-order valence-electron chi connectivity index (χ2n) is 10.3. The number of carbonyl (C=O) groups is 1. The van der Waals surface area contributed by atoms with Gasteiger partial charge in [0.1, 0.15) is 0 Å². The molecule has 0 spiro atoms. The number of hydrogen-bond donors (Lipinski definition) is 0. The molecular formula is C34H29ClN2O3. The van der Waals surface area contributed by atoms with Crippen molar-refractivity contribution >= 4 is 17.6 Å². The van der Waals surface area contributed by atoms with Crippen LogP contribution in [-0.2, 0) is 21.4 Å². The van der Waals surface area contributed by atoms with Gasteiger partial charge >= 0.3 is 5.97 Å². The zero-order chi connectivity index (χ0) is 27.7. The lowest BCUT2D eigenvalue weighted by Crippen LogP contribution is -2.23. The topological polar surface area (TPSA) is 65.2 Å². The average Bonchev–Trinajstić information content (AvgIpc) is 3.72. The highest BCUT2D eigenvalue weighted by Crippen LogP contribution is 2.49. The van der Waals surface area contributed by atoms with E-state index >= 15 is 0 Å². The van der Waals surface area contributed by atoms with E-state index in [4.69, 9.17) is 20.9 Å². The lowest BCUT2D eigenvalue weighted by molar-refractivity contribution is -0.146. The minimum atomic E-state index is -0.457. The first-order valence-corrected chi connectivity index (χ1v) is 13.9. The molecule has 200 valence electrons. The number of ether oxygens (including phenoxy) is 1. The lowest BCUT2D eigenvalue weighted by Gasteiger charge is -2.14. The number of aromatic nitrogens is 2. The van der Waals surface area contributed by atoms with Crippen LogP contribution < -0.4 is 0 Å². The van der Waals surface area contributed by atoms with E-state index in [0.29, 0.717) is 18.1 Å². The smallest absolute Gasteiger partial charge is 0.316 e. The predicted molar refractivity (Wildman–Crippen MR) is 157 cm³/mol. The fourth-order valence-electron chi connectivity index (χ4n) is 5.26. The van der Waals surface area contributed by atoms with Gasteiger partial charge < -0.3 is 9.26 Å². The van der Waals surface area contributed by atoms with Crippen molar-refractivity contribution in [3.63, 3.8) is 0 Å². The highest BCUT2D eigenvalue weighted by atomic mass is 35.5. The molecule has 5 aromatic rings. The standard InChI is InChI=1S/C34H29ClN2O3/c1-3-39-33(38)34(16-17-34)28-14-12-25(13-15-28)24-8-10-26(11-9-24)32-30(22(2)37-40-32)19-23-18-27(21-36-20-23)29-6-4-5-7-31(29)35/h4-15,18,20-21H,3,16-17,19H2,1-2H3. The van der Waals surface area contributed by atoms with Crippen LogP contribution >= 0.6 is 11.6 Å². The van der Waals surface area contributed by atoms with Crippen LogP contribution in [0, 0.1) is 6.92 Å². The van der Waals surface area contributed by atoms with Gasteiger partial charge in [0, 0.05) is 46.1 Å². The molecule has 2 aromatic heterocycles. The SMILES string of the molecule is CCOC(=O)C1(c2ccc(-c3ccc(-c4onc(C)c4Cc4cncc(-c5ccccc5Cl)c4)cc3)cc2)CC1. The molecule has 0 N–H and O–H groups in total. The molecule has 6 rings (SSSR count). The molecule has 1 aliphatic carbocycles. The van der Waals surface area contributed by atoms with E-state index in [1.807, 2.05) is 50.5 Å². The summed E-state index contributed by atoms with van der Waals surface area (Å²) in [4.78, 5) is 16.9. The summed E-state index contributed by atoms with van der Waals surface area (Å²) in [6.45, 7) is 4.22. The van der Waals surface area contributed by atoms with Crippen molar-refractivity contribution in [2.75, 3.05) is 6.61 Å². The van der Waals surface area contributed by atoms with Crippen molar-refractivity contribution in [1.29, 1.82) is 0 Å². The van der Waals surface area contributed by atoms with Crippen LogP contribution in [0.2, 0.25) is 5.02 Å². The van der Waals surface area contributed by atoms with Gasteiger partial charge in [-0.1, -0.05) is 83.5 Å². The summed E-state index contributed by atoms with van der Waals surface area (Å²) in [5.41, 5.74) is 8.59. The molecule has 40 heavy (non-hydrogen) atoms. The molecule has 0 aliphatic heterocycles. The van der Waals surface area contributed by atoms with Gasteiger partial charge in [0.15, 0.2) is 5.76 Å². The zero-order valence-electron chi connectivity index (χ0n) is 22.5. The number of benzene rings is 3. The van der Waals surface area contributed by atoms with Gasteiger partial charge in [-0.05, 0) is 61.1 Å². The summed E-state index contributed by atoms with van der Waals surface area (Å²) in [5, 5.41) is 4.97. The van der Waals surface area contributed by atoms with Crippen LogP contribution in [0.4, 0.5) is 0 Å². The summed E-state index contributed by atoms with van der Waals surface area (Å²) >= 11 is 6.42. The van der Waals surface area contributed by atoms with E-state index in [-0.39, 0.29) is 5.97 Å². The average molecular weight is 549 g/mol. The van der Waals surface area contributed by atoms with Crippen molar-refractivity contribution < 1.29 is 14.1 Å². The number of rotatable bonds is 8. The number of aryl methyl sites for hydroxylation is 1. The van der Waals surface area contributed by atoms with Crippen LogP contribution in [0.1, 0.15) is 42.1 Å². The Bertz CT molecular complexity index is 1670. The minimum Gasteiger partial charge on any atom is -0.465 e. The van der Waals surface area contributed by atoms with E-state index < -0.39 is 5.41 Å². The van der Waals surface area contributed by atoms with Gasteiger partial charge in [-0.25, -0.2) is 0 Å². The molecule has 1 saturated carbocycles. The molecule has 0 atom stereocenters. The highest BCUT2D eigenvalue weighted by Gasteiger charge is 2.52. The molecule has 2 heterocycles. The molecule has 0 bridgehead atoms. The summed E-state index contributed by atoms with van der Waals surface area (Å²) in [6, 6.07) is 26.4. The van der Waals surface area contributed by atoms with Gasteiger partial charge in [0.2, 0.25) is 0 Å². The summed E-state index contributed by atoms with van der Waals surface area (Å²) in [5.74, 6) is 0.643. The normalized spacial score (nSPS) is 13.7. The van der Waals surface area contributed by atoms with Gasteiger partial charge in [-0.15, -0.1) is 0 Å². The van der Waals surface area contributed by atoms with Crippen molar-refractivity contribution in [3.05, 3.63) is 119 Å². The second-order valence-corrected chi connectivity index (χ2v) is 10.7. The van der Waals surface area contributed by atoms with E-state index in [0.717, 1.165) is 68.8 Å². The van der Waals surface area contributed by atoms with Crippen LogP contribution in [0.5, 0.6) is 0 Å². The highest BCUT2D eigenvalue weighted by molar-refractivity contribution is 6.33. The van der Waals surface area contributed by atoms with Crippen LogP contribution in [0.25, 0.3) is 33.6 Å². The summed E-state index contributed by atoms with van der Waals surface area (Å²) in [7, 11) is 0. The third-order valence-corrected chi connectivity index (χ3v) is 8.01. The van der Waals surface area contributed by atoms with E-state index in [2.05, 4.69) is 64.7 Å². The Kier molecular flexibility index (Phi) is 6.99. The first-order valence-electron chi connectivity index (χ1n) is 13.5. The third-order valence-electron chi connectivity index (χ3n) is 7.68. The fraction of sp³-hybridized carbons (Fsp3) is 0.206. The van der Waals surface area contributed by atoms with Gasteiger partial charge in [-0.2, -0.15) is 0 Å². The predicted octanol–water partition coefficient (Wildman–Crippen LogP) is 8.22. The number of hydrogen-bond acceptors (Lipinski definition) is 5. The molecular weight excluding hydrogens is 520 g/mol. The molecule has 0 radical (unpaired) electrons. The number of pyridine rings is 1. The Labute approximate surface area is 238 Å². The summed E-state index contributed by atoms with van der Waals surface area (Å²) in [6.07, 6.45) is 6.04. The van der Waals surface area contributed by atoms with Crippen molar-refractivity contribution in [2.45, 2.75) is 38.5 Å². The molecule has 1 aliphatic rings. The van der Waals surface area contributed by atoms with Crippen molar-refractivity contribution in [1.82, 2.24) is 10.1 Å². The van der Waals surface area contributed by atoms with Gasteiger partial charge in [0.05, 0.1) is 17.7 Å². The first kappa shape index (κ1) is 26.0. The maximum absolute atomic E-state index is 12.4. The zero-order valence-corrected chi connectivity index (χ0v) is 23.2. The lowest BCUT2D eigenvalue weighted by atomic mass is 9.93. The molecule has 0 saturated heterocycles. The summed E-state index contributed by atoms with van der Waals surface area (Å²) < 4.78 is 11.1. The number of esters is 1. The molecule has 3 aromatic carbocycles. The largest absolute Gasteiger partial charge is 0.465 e. The Hall–Kier alpha value is -4.22. The van der Waals surface area contributed by atoms with Crippen LogP contribution in [0.15, 0.2) is 95.8 Å². The van der Waals surface area contributed by atoms with Crippen molar-refractivity contribution in [2.24, 2.45) is 0 Å². The quantitative estimate of drug-likeness (QED) is 0.183. The van der Waals surface area contributed by atoms with Crippen LogP contribution in [0.3, 0.4) is 0 Å². The second kappa shape index (κ2) is 10.7. The molecule has 5 nitrogen and oxygen atoms in total. The number of nitrogens with zero attached hydrogens (tertiary/aromatic N) is 2. The Balaban J connectivity index is 1.22.